The van der Waals surface area contributed by atoms with Crippen molar-refractivity contribution in [2.75, 3.05) is 18.1 Å². The maximum absolute atomic E-state index is 6.21. The van der Waals surface area contributed by atoms with Crippen molar-refractivity contribution in [3.8, 4) is 5.75 Å². The van der Waals surface area contributed by atoms with E-state index in [1.54, 1.807) is 6.20 Å². The molecule has 0 saturated heterocycles. The highest BCUT2D eigenvalue weighted by atomic mass is 16.5. The number of aryl methyl sites for hydroxylation is 1. The van der Waals surface area contributed by atoms with Gasteiger partial charge in [-0.25, -0.2) is 4.98 Å². The zero-order valence-electron chi connectivity index (χ0n) is 15.1. The minimum absolute atomic E-state index is 0.200. The molecule has 0 aliphatic heterocycles. The number of hydrogen-bond donors (Lipinski definition) is 2. The standard InChI is InChI=1S/C20H25N5O/c1-2-25-7-6-16-17(25)9-14(8-15-11-23-20(22)24-19(15)21)10-18(16)26-12-13-4-3-5-13/h6-7,9-11,13H,2-5,8,12H2,1H3,(H4,21,22,23,24). The van der Waals surface area contributed by atoms with Crippen molar-refractivity contribution in [1.29, 1.82) is 0 Å². The van der Waals surface area contributed by atoms with Gasteiger partial charge in [0.15, 0.2) is 0 Å². The van der Waals surface area contributed by atoms with E-state index < -0.39 is 0 Å². The van der Waals surface area contributed by atoms with Crippen LogP contribution in [0.3, 0.4) is 0 Å². The number of hydrogen-bond acceptors (Lipinski definition) is 5. The lowest BCUT2D eigenvalue weighted by atomic mass is 9.86. The zero-order valence-corrected chi connectivity index (χ0v) is 15.1. The van der Waals surface area contributed by atoms with Crippen LogP contribution in [0.15, 0.2) is 30.6 Å². The molecule has 1 fully saturated rings. The molecule has 0 bridgehead atoms. The molecule has 0 atom stereocenters. The third kappa shape index (κ3) is 3.19. The van der Waals surface area contributed by atoms with Crippen LogP contribution in [0.4, 0.5) is 11.8 Å². The van der Waals surface area contributed by atoms with Gasteiger partial charge in [-0.2, -0.15) is 4.98 Å². The van der Waals surface area contributed by atoms with Gasteiger partial charge in [-0.3, -0.25) is 0 Å². The maximum atomic E-state index is 6.21. The lowest BCUT2D eigenvalue weighted by Gasteiger charge is -2.25. The Morgan fingerprint density at radius 2 is 2.12 bits per heavy atom. The molecule has 1 aromatic carbocycles. The molecule has 0 spiro atoms. The molecule has 1 saturated carbocycles. The summed E-state index contributed by atoms with van der Waals surface area (Å²) < 4.78 is 8.45. The predicted molar refractivity (Wildman–Crippen MR) is 104 cm³/mol. The highest BCUT2D eigenvalue weighted by Crippen LogP contribution is 2.33. The first kappa shape index (κ1) is 16.7. The van der Waals surface area contributed by atoms with Crippen molar-refractivity contribution in [2.24, 2.45) is 5.92 Å². The van der Waals surface area contributed by atoms with Gasteiger partial charge in [0, 0.05) is 36.3 Å². The van der Waals surface area contributed by atoms with Gasteiger partial charge >= 0.3 is 0 Å². The molecule has 2 aromatic heterocycles. The second-order valence-corrected chi connectivity index (χ2v) is 7.05. The molecule has 0 unspecified atom stereocenters. The average Bonchev–Trinajstić information content (AvgIpc) is 2.99. The molecule has 1 aliphatic rings. The van der Waals surface area contributed by atoms with Gasteiger partial charge in [0.2, 0.25) is 5.95 Å². The van der Waals surface area contributed by atoms with Crippen LogP contribution in [0, 0.1) is 5.92 Å². The van der Waals surface area contributed by atoms with Crippen LogP contribution in [-0.4, -0.2) is 21.1 Å². The van der Waals surface area contributed by atoms with E-state index >= 15 is 0 Å². The van der Waals surface area contributed by atoms with Crippen LogP contribution < -0.4 is 16.2 Å². The smallest absolute Gasteiger partial charge is 0.221 e. The first-order chi connectivity index (χ1) is 12.6. The predicted octanol–water partition coefficient (Wildman–Crippen LogP) is 3.39. The SMILES string of the molecule is CCn1ccc2c(OCC3CCC3)cc(Cc3cnc(N)nc3N)cc21. The zero-order chi connectivity index (χ0) is 18.1. The minimum atomic E-state index is 0.200. The summed E-state index contributed by atoms with van der Waals surface area (Å²) in [7, 11) is 0. The summed E-state index contributed by atoms with van der Waals surface area (Å²) in [4.78, 5) is 8.14. The number of nitrogens with two attached hydrogens (primary N) is 2. The Hall–Kier alpha value is -2.76. The number of anilines is 2. The van der Waals surface area contributed by atoms with Crippen LogP contribution in [-0.2, 0) is 13.0 Å². The van der Waals surface area contributed by atoms with Crippen LogP contribution >= 0.6 is 0 Å². The Kier molecular flexibility index (Phi) is 4.41. The molecular weight excluding hydrogens is 326 g/mol. The summed E-state index contributed by atoms with van der Waals surface area (Å²) in [6.45, 7) is 3.86. The van der Waals surface area contributed by atoms with Crippen LogP contribution in [0.25, 0.3) is 10.9 Å². The highest BCUT2D eigenvalue weighted by Gasteiger charge is 2.19. The Morgan fingerprint density at radius 3 is 2.81 bits per heavy atom. The maximum Gasteiger partial charge on any atom is 0.221 e. The summed E-state index contributed by atoms with van der Waals surface area (Å²) in [6.07, 6.45) is 8.35. The lowest BCUT2D eigenvalue weighted by Crippen LogP contribution is -2.19. The van der Waals surface area contributed by atoms with Crippen LogP contribution in [0.1, 0.15) is 37.3 Å². The molecule has 4 rings (SSSR count). The van der Waals surface area contributed by atoms with E-state index in [9.17, 15) is 0 Å². The summed E-state index contributed by atoms with van der Waals surface area (Å²) in [5, 5.41) is 1.16. The number of rotatable bonds is 6. The van der Waals surface area contributed by atoms with Crippen LogP contribution in [0.5, 0.6) is 5.75 Å². The number of fused-ring (bicyclic) bond motifs is 1. The van der Waals surface area contributed by atoms with E-state index in [-0.39, 0.29) is 5.95 Å². The van der Waals surface area contributed by atoms with Crippen molar-refractivity contribution in [2.45, 2.75) is 39.2 Å². The van der Waals surface area contributed by atoms with Crippen molar-refractivity contribution >= 4 is 22.7 Å². The molecule has 4 N–H and O–H groups in total. The third-order valence-electron chi connectivity index (χ3n) is 5.26. The first-order valence-electron chi connectivity index (χ1n) is 9.25. The Balaban J connectivity index is 1.68. The molecule has 136 valence electrons. The normalized spacial score (nSPS) is 14.5. The summed E-state index contributed by atoms with van der Waals surface area (Å²) in [5.41, 5.74) is 14.8. The fourth-order valence-electron chi connectivity index (χ4n) is 3.47. The first-order valence-corrected chi connectivity index (χ1v) is 9.25. The van der Waals surface area contributed by atoms with E-state index in [4.69, 9.17) is 16.2 Å². The van der Waals surface area contributed by atoms with Crippen molar-refractivity contribution in [3.63, 3.8) is 0 Å². The fourth-order valence-corrected chi connectivity index (χ4v) is 3.47. The molecule has 0 radical (unpaired) electrons. The molecule has 6 heteroatoms. The van der Waals surface area contributed by atoms with E-state index in [2.05, 4.69) is 45.9 Å². The lowest BCUT2D eigenvalue weighted by molar-refractivity contribution is 0.182. The quantitative estimate of drug-likeness (QED) is 0.710. The largest absolute Gasteiger partial charge is 0.493 e. The molecule has 2 heterocycles. The van der Waals surface area contributed by atoms with Gasteiger partial charge in [-0.05, 0) is 49.4 Å². The number of ether oxygens (including phenoxy) is 1. The van der Waals surface area contributed by atoms with E-state index in [1.165, 1.54) is 24.8 Å². The molecule has 1 aliphatic carbocycles. The molecule has 0 amide bonds. The van der Waals surface area contributed by atoms with E-state index in [0.717, 1.165) is 35.4 Å². The molecule has 6 nitrogen and oxygen atoms in total. The summed E-state index contributed by atoms with van der Waals surface area (Å²) in [6, 6.07) is 6.46. The van der Waals surface area contributed by atoms with Gasteiger partial charge in [-0.15, -0.1) is 0 Å². The van der Waals surface area contributed by atoms with E-state index in [1.807, 2.05) is 0 Å². The molecule has 26 heavy (non-hydrogen) atoms. The number of nitrogens with zero attached hydrogens (tertiary/aromatic N) is 3. The van der Waals surface area contributed by atoms with Gasteiger partial charge in [0.25, 0.3) is 0 Å². The highest BCUT2D eigenvalue weighted by molar-refractivity contribution is 5.87. The monoisotopic (exact) mass is 351 g/mol. The molecule has 3 aromatic rings. The Bertz CT molecular complexity index is 929. The number of aromatic nitrogens is 3. The third-order valence-corrected chi connectivity index (χ3v) is 5.26. The van der Waals surface area contributed by atoms with Gasteiger partial charge in [0.05, 0.1) is 12.1 Å². The van der Waals surface area contributed by atoms with Crippen molar-refractivity contribution < 1.29 is 4.74 Å². The minimum Gasteiger partial charge on any atom is -0.493 e. The second-order valence-electron chi connectivity index (χ2n) is 7.05. The molecular formula is C20H25N5O. The fraction of sp³-hybridized carbons (Fsp3) is 0.400. The van der Waals surface area contributed by atoms with Crippen LogP contribution in [0.2, 0.25) is 0 Å². The van der Waals surface area contributed by atoms with Gasteiger partial charge < -0.3 is 20.8 Å². The average molecular weight is 351 g/mol. The van der Waals surface area contributed by atoms with Crippen molar-refractivity contribution in [1.82, 2.24) is 14.5 Å². The Labute approximate surface area is 153 Å². The Morgan fingerprint density at radius 1 is 1.27 bits per heavy atom. The summed E-state index contributed by atoms with van der Waals surface area (Å²) >= 11 is 0. The second kappa shape index (κ2) is 6.86. The van der Waals surface area contributed by atoms with Crippen molar-refractivity contribution in [3.05, 3.63) is 41.7 Å². The van der Waals surface area contributed by atoms with Gasteiger partial charge in [0.1, 0.15) is 11.6 Å². The topological polar surface area (TPSA) is 92.0 Å². The van der Waals surface area contributed by atoms with Gasteiger partial charge in [-0.1, -0.05) is 6.42 Å². The number of benzene rings is 1. The van der Waals surface area contributed by atoms with E-state index in [0.29, 0.717) is 18.2 Å². The summed E-state index contributed by atoms with van der Waals surface area (Å²) in [5.74, 6) is 2.28. The number of nitrogen functional groups attached to an aromatic ring is 2.